The first-order valence-electron chi connectivity index (χ1n) is 5.74. The Morgan fingerprint density at radius 3 is 2.56 bits per heavy atom. The fourth-order valence-corrected chi connectivity index (χ4v) is 2.05. The smallest absolute Gasteiger partial charge is 0.141 e. The van der Waals surface area contributed by atoms with Gasteiger partial charge in [0.15, 0.2) is 0 Å². The topological polar surface area (TPSA) is 43.1 Å². The summed E-state index contributed by atoms with van der Waals surface area (Å²) in [6.07, 6.45) is 0.741. The van der Waals surface area contributed by atoms with Gasteiger partial charge >= 0.3 is 0 Å². The van der Waals surface area contributed by atoms with Gasteiger partial charge in [0.05, 0.1) is 0 Å². The van der Waals surface area contributed by atoms with E-state index < -0.39 is 0 Å². The summed E-state index contributed by atoms with van der Waals surface area (Å²) < 4.78 is 0. The summed E-state index contributed by atoms with van der Waals surface area (Å²) in [5.74, 6) is 0.133. The number of Topliss-reactive ketones (excluding diaryl/α,β-unsaturated/α-hetero) is 1. The maximum absolute atomic E-state index is 11.9. The number of anilines is 1. The Labute approximate surface area is 111 Å². The third kappa shape index (κ3) is 3.34. The van der Waals surface area contributed by atoms with Gasteiger partial charge in [-0.2, -0.15) is 0 Å². The molecule has 0 bridgehead atoms. The lowest BCUT2D eigenvalue weighted by atomic mass is 10.0. The normalized spacial score (nSPS) is 10.3. The molecule has 0 saturated carbocycles. The molecule has 3 heteroatoms. The lowest BCUT2D eigenvalue weighted by molar-refractivity contribution is -0.117. The predicted octanol–water partition coefficient (Wildman–Crippen LogP) is 3.28. The molecule has 0 radical (unpaired) electrons. The molecular weight excluding hydrogens is 246 g/mol. The second kappa shape index (κ2) is 5.69. The average Bonchev–Trinajstić information content (AvgIpc) is 2.32. The van der Waals surface area contributed by atoms with Crippen LogP contribution in [-0.4, -0.2) is 5.78 Å². The van der Waals surface area contributed by atoms with Gasteiger partial charge in [0, 0.05) is 23.6 Å². The lowest BCUT2D eigenvalue weighted by Crippen LogP contribution is -2.07. The zero-order valence-corrected chi connectivity index (χ0v) is 10.7. The first-order valence-corrected chi connectivity index (χ1v) is 6.12. The number of benzene rings is 2. The van der Waals surface area contributed by atoms with Crippen LogP contribution in [0.1, 0.15) is 11.1 Å². The Kier molecular flexibility index (Phi) is 4.00. The minimum Gasteiger partial charge on any atom is -0.399 e. The Bertz CT molecular complexity index is 566. The van der Waals surface area contributed by atoms with Gasteiger partial charge in [-0.25, -0.2) is 0 Å². The third-order valence-corrected chi connectivity index (χ3v) is 3.07. The summed E-state index contributed by atoms with van der Waals surface area (Å²) in [6, 6.07) is 14.8. The Hall–Kier alpha value is -1.80. The van der Waals surface area contributed by atoms with E-state index in [4.69, 9.17) is 17.3 Å². The summed E-state index contributed by atoms with van der Waals surface area (Å²) in [6.45, 7) is 0. The summed E-state index contributed by atoms with van der Waals surface area (Å²) in [5.41, 5.74) is 8.16. The molecule has 2 N–H and O–H groups in total. The van der Waals surface area contributed by atoms with Crippen LogP contribution in [0, 0.1) is 0 Å². The largest absolute Gasteiger partial charge is 0.399 e. The predicted molar refractivity (Wildman–Crippen MR) is 74.7 cm³/mol. The van der Waals surface area contributed by atoms with Crippen molar-refractivity contribution < 1.29 is 4.79 Å². The van der Waals surface area contributed by atoms with Crippen LogP contribution in [0.3, 0.4) is 0 Å². The molecule has 2 aromatic rings. The zero-order chi connectivity index (χ0) is 13.0. The number of carbonyl (C=O) groups is 1. The van der Waals surface area contributed by atoms with Crippen LogP contribution < -0.4 is 5.73 Å². The van der Waals surface area contributed by atoms with E-state index in [0.29, 0.717) is 23.6 Å². The van der Waals surface area contributed by atoms with Crippen molar-refractivity contribution >= 4 is 23.1 Å². The Morgan fingerprint density at radius 2 is 1.83 bits per heavy atom. The molecule has 2 nitrogen and oxygen atoms in total. The van der Waals surface area contributed by atoms with Crippen molar-refractivity contribution in [1.82, 2.24) is 0 Å². The van der Waals surface area contributed by atoms with E-state index in [2.05, 4.69) is 0 Å². The molecule has 0 spiro atoms. The summed E-state index contributed by atoms with van der Waals surface area (Å²) >= 11 is 6.02. The number of nitrogens with two attached hydrogens (primary N) is 1. The van der Waals surface area contributed by atoms with Crippen molar-refractivity contribution in [2.75, 3.05) is 5.73 Å². The molecule has 0 saturated heterocycles. The van der Waals surface area contributed by atoms with Crippen LogP contribution in [0.5, 0.6) is 0 Å². The molecule has 2 rings (SSSR count). The van der Waals surface area contributed by atoms with Crippen molar-refractivity contribution in [2.24, 2.45) is 0 Å². The number of hydrogen-bond donors (Lipinski definition) is 1. The minimum atomic E-state index is 0.133. The molecule has 0 fully saturated rings. The minimum absolute atomic E-state index is 0.133. The van der Waals surface area contributed by atoms with Crippen LogP contribution in [0.4, 0.5) is 5.69 Å². The van der Waals surface area contributed by atoms with E-state index >= 15 is 0 Å². The van der Waals surface area contributed by atoms with Gasteiger partial charge in [0.25, 0.3) is 0 Å². The molecule has 18 heavy (non-hydrogen) atoms. The fraction of sp³-hybridized carbons (Fsp3) is 0.133. The first kappa shape index (κ1) is 12.7. The monoisotopic (exact) mass is 259 g/mol. The van der Waals surface area contributed by atoms with Gasteiger partial charge < -0.3 is 5.73 Å². The Balaban J connectivity index is 2.03. The standard InChI is InChI=1S/C15H14ClNO/c16-15-7-2-1-5-12(15)10-14(18)9-11-4-3-6-13(17)8-11/h1-8H,9-10,17H2. The maximum Gasteiger partial charge on any atom is 0.141 e. The average molecular weight is 260 g/mol. The summed E-state index contributed by atoms with van der Waals surface area (Å²) in [7, 11) is 0. The van der Waals surface area contributed by atoms with Gasteiger partial charge in [0.2, 0.25) is 0 Å². The molecule has 0 aromatic heterocycles. The van der Waals surface area contributed by atoms with E-state index in [9.17, 15) is 4.79 Å². The van der Waals surface area contributed by atoms with E-state index in [1.54, 1.807) is 6.07 Å². The highest BCUT2D eigenvalue weighted by Crippen LogP contribution is 2.16. The molecule has 0 amide bonds. The second-order valence-corrected chi connectivity index (χ2v) is 4.64. The third-order valence-electron chi connectivity index (χ3n) is 2.70. The molecule has 0 unspecified atom stereocenters. The van der Waals surface area contributed by atoms with E-state index in [1.807, 2.05) is 42.5 Å². The van der Waals surface area contributed by atoms with E-state index in [-0.39, 0.29) is 5.78 Å². The summed E-state index contributed by atoms with van der Waals surface area (Å²) in [4.78, 5) is 11.9. The number of rotatable bonds is 4. The number of ketones is 1. The number of carbonyl (C=O) groups excluding carboxylic acids is 1. The van der Waals surface area contributed by atoms with Crippen LogP contribution in [0.25, 0.3) is 0 Å². The molecule has 92 valence electrons. The first-order chi connectivity index (χ1) is 8.65. The zero-order valence-electron chi connectivity index (χ0n) is 9.90. The SMILES string of the molecule is Nc1cccc(CC(=O)Cc2ccccc2Cl)c1. The van der Waals surface area contributed by atoms with E-state index in [0.717, 1.165) is 11.1 Å². The van der Waals surface area contributed by atoms with Crippen molar-refractivity contribution in [3.05, 3.63) is 64.7 Å². The lowest BCUT2D eigenvalue weighted by Gasteiger charge is -2.04. The highest BCUT2D eigenvalue weighted by atomic mass is 35.5. The molecule has 0 aliphatic carbocycles. The van der Waals surface area contributed by atoms with Crippen LogP contribution in [0.15, 0.2) is 48.5 Å². The molecular formula is C15H14ClNO. The van der Waals surface area contributed by atoms with Crippen molar-refractivity contribution in [2.45, 2.75) is 12.8 Å². The van der Waals surface area contributed by atoms with Crippen molar-refractivity contribution in [3.63, 3.8) is 0 Å². The van der Waals surface area contributed by atoms with Crippen molar-refractivity contribution in [3.8, 4) is 0 Å². The number of nitrogen functional groups attached to an aromatic ring is 1. The molecule has 0 heterocycles. The Morgan fingerprint density at radius 1 is 1.06 bits per heavy atom. The highest BCUT2D eigenvalue weighted by Gasteiger charge is 2.07. The van der Waals surface area contributed by atoms with Crippen molar-refractivity contribution in [1.29, 1.82) is 0 Å². The molecule has 2 aromatic carbocycles. The van der Waals surface area contributed by atoms with Crippen LogP contribution >= 0.6 is 11.6 Å². The van der Waals surface area contributed by atoms with Gasteiger partial charge in [-0.15, -0.1) is 0 Å². The van der Waals surface area contributed by atoms with Crippen LogP contribution in [-0.2, 0) is 17.6 Å². The van der Waals surface area contributed by atoms with Gasteiger partial charge in [-0.3, -0.25) is 4.79 Å². The molecule has 0 aliphatic heterocycles. The number of hydrogen-bond acceptors (Lipinski definition) is 2. The second-order valence-electron chi connectivity index (χ2n) is 4.23. The molecule has 0 aliphatic rings. The fourth-order valence-electron chi connectivity index (χ4n) is 1.85. The molecule has 0 atom stereocenters. The van der Waals surface area contributed by atoms with Gasteiger partial charge in [-0.05, 0) is 29.3 Å². The summed E-state index contributed by atoms with van der Waals surface area (Å²) in [5, 5.41) is 0.637. The quantitative estimate of drug-likeness (QED) is 0.857. The van der Waals surface area contributed by atoms with Crippen LogP contribution in [0.2, 0.25) is 5.02 Å². The maximum atomic E-state index is 11.9. The number of halogens is 1. The van der Waals surface area contributed by atoms with E-state index in [1.165, 1.54) is 0 Å². The van der Waals surface area contributed by atoms with Gasteiger partial charge in [0.1, 0.15) is 5.78 Å². The highest BCUT2D eigenvalue weighted by molar-refractivity contribution is 6.31. The van der Waals surface area contributed by atoms with Gasteiger partial charge in [-0.1, -0.05) is 41.9 Å².